The van der Waals surface area contributed by atoms with Crippen LogP contribution in [0.15, 0.2) is 0 Å². The lowest BCUT2D eigenvalue weighted by molar-refractivity contribution is -0.146. The molecule has 1 rings (SSSR count). The predicted octanol–water partition coefficient (Wildman–Crippen LogP) is 1.65. The molecule has 0 saturated carbocycles. The number of ether oxygens (including phenoxy) is 2. The van der Waals surface area contributed by atoms with Crippen molar-refractivity contribution in [3.63, 3.8) is 0 Å². The molecule has 1 fully saturated rings. The molecule has 0 bridgehead atoms. The second kappa shape index (κ2) is 8.15. The number of methoxy groups -OCH3 is 2. The summed E-state index contributed by atoms with van der Waals surface area (Å²) in [6, 6.07) is -0.362. The topological polar surface area (TPSA) is 64.6 Å². The van der Waals surface area contributed by atoms with E-state index in [1.807, 2.05) is 0 Å². The molecule has 1 heterocycles. The van der Waals surface area contributed by atoms with Crippen molar-refractivity contribution >= 4 is 11.9 Å². The summed E-state index contributed by atoms with van der Waals surface area (Å²) in [7, 11) is 2.76. The highest BCUT2D eigenvalue weighted by Gasteiger charge is 2.41. The molecule has 0 aromatic carbocycles. The third kappa shape index (κ3) is 4.49. The van der Waals surface area contributed by atoms with Gasteiger partial charge in [-0.15, -0.1) is 0 Å². The number of carbonyl (C=O) groups is 2. The number of hydrogen-bond donors (Lipinski definition) is 1. The van der Waals surface area contributed by atoms with Crippen LogP contribution in [0, 0.1) is 5.92 Å². The quantitative estimate of drug-likeness (QED) is 0.563. The lowest BCUT2D eigenvalue weighted by Gasteiger charge is -2.17. The maximum absolute atomic E-state index is 11.8. The van der Waals surface area contributed by atoms with Gasteiger partial charge in [0.2, 0.25) is 0 Å². The molecule has 0 amide bonds. The number of rotatable bonds is 7. The van der Waals surface area contributed by atoms with Crippen LogP contribution in [-0.4, -0.2) is 38.2 Å². The Balaban J connectivity index is 2.53. The fraction of sp³-hybridized carbons (Fsp3) is 0.857. The number of hydrogen-bond acceptors (Lipinski definition) is 5. The van der Waals surface area contributed by atoms with E-state index in [1.54, 1.807) is 0 Å². The van der Waals surface area contributed by atoms with Gasteiger partial charge in [-0.25, -0.2) is 0 Å². The molecule has 110 valence electrons. The van der Waals surface area contributed by atoms with E-state index < -0.39 is 0 Å². The highest BCUT2D eigenvalue weighted by atomic mass is 16.5. The highest BCUT2D eigenvalue weighted by molar-refractivity contribution is 5.80. The predicted molar refractivity (Wildman–Crippen MR) is 71.6 cm³/mol. The fourth-order valence-corrected chi connectivity index (χ4v) is 2.65. The molecule has 1 aliphatic rings. The van der Waals surface area contributed by atoms with E-state index in [1.165, 1.54) is 27.1 Å². The molecule has 1 N–H and O–H groups in total. The second-order valence-electron chi connectivity index (χ2n) is 5.06. The molecule has 0 radical (unpaired) electrons. The van der Waals surface area contributed by atoms with Crippen molar-refractivity contribution in [3.05, 3.63) is 0 Å². The zero-order chi connectivity index (χ0) is 14.3. The fourth-order valence-electron chi connectivity index (χ4n) is 2.65. The Morgan fingerprint density at radius 2 is 1.79 bits per heavy atom. The van der Waals surface area contributed by atoms with E-state index in [-0.39, 0.29) is 29.9 Å². The van der Waals surface area contributed by atoms with E-state index in [2.05, 4.69) is 12.2 Å². The second-order valence-corrected chi connectivity index (χ2v) is 5.06. The first-order valence-electron chi connectivity index (χ1n) is 7.05. The minimum atomic E-state index is -0.384. The number of nitrogens with one attached hydrogen (secondary N) is 1. The summed E-state index contributed by atoms with van der Waals surface area (Å²) in [6.45, 7) is 2.17. The van der Waals surface area contributed by atoms with Crippen LogP contribution in [0.4, 0.5) is 0 Å². The Morgan fingerprint density at radius 3 is 2.37 bits per heavy atom. The Morgan fingerprint density at radius 1 is 1.11 bits per heavy atom. The van der Waals surface area contributed by atoms with Crippen LogP contribution in [0.25, 0.3) is 0 Å². The zero-order valence-electron chi connectivity index (χ0n) is 12.1. The third-order valence-electron chi connectivity index (χ3n) is 3.75. The normalized spacial score (nSPS) is 26.2. The van der Waals surface area contributed by atoms with Crippen molar-refractivity contribution in [3.8, 4) is 0 Å². The molecule has 0 aromatic heterocycles. The number of carbonyl (C=O) groups excluding carboxylic acids is 2. The standard InChI is InChI=1S/C14H25NO4/c1-4-5-6-7-8-11-10(13(16)18-2)9-12(15-11)14(17)19-3/h10-12,15H,4-9H2,1-3H3/t10-,11+,12+/m0/s1. The maximum Gasteiger partial charge on any atom is 0.322 e. The van der Waals surface area contributed by atoms with E-state index in [4.69, 9.17) is 9.47 Å². The Kier molecular flexibility index (Phi) is 6.84. The van der Waals surface area contributed by atoms with E-state index in [0.717, 1.165) is 19.3 Å². The lowest BCUT2D eigenvalue weighted by atomic mass is 9.95. The van der Waals surface area contributed by atoms with Gasteiger partial charge < -0.3 is 14.8 Å². The molecule has 5 heteroatoms. The Bertz CT molecular complexity index is 306. The van der Waals surface area contributed by atoms with Crippen LogP contribution in [0.1, 0.15) is 45.4 Å². The maximum atomic E-state index is 11.8. The minimum Gasteiger partial charge on any atom is -0.469 e. The lowest BCUT2D eigenvalue weighted by Crippen LogP contribution is -2.37. The molecule has 1 aliphatic heterocycles. The summed E-state index contributed by atoms with van der Waals surface area (Å²) in [5, 5.41) is 3.21. The first-order chi connectivity index (χ1) is 9.13. The average Bonchev–Trinajstić information content (AvgIpc) is 2.86. The highest BCUT2D eigenvalue weighted by Crippen LogP contribution is 2.26. The van der Waals surface area contributed by atoms with Crippen molar-refractivity contribution in [2.24, 2.45) is 5.92 Å². The van der Waals surface area contributed by atoms with Gasteiger partial charge in [-0.3, -0.25) is 9.59 Å². The number of unbranched alkanes of at least 4 members (excludes halogenated alkanes) is 3. The van der Waals surface area contributed by atoms with Crippen LogP contribution >= 0.6 is 0 Å². The molecule has 0 aliphatic carbocycles. The van der Waals surface area contributed by atoms with Gasteiger partial charge in [-0.05, 0) is 12.8 Å². The molecule has 1 saturated heterocycles. The van der Waals surface area contributed by atoms with Gasteiger partial charge >= 0.3 is 11.9 Å². The first-order valence-corrected chi connectivity index (χ1v) is 7.05. The van der Waals surface area contributed by atoms with Crippen LogP contribution in [0.2, 0.25) is 0 Å². The molecule has 5 nitrogen and oxygen atoms in total. The third-order valence-corrected chi connectivity index (χ3v) is 3.75. The SMILES string of the molecule is CCCCCC[C@H]1N[C@@H](C(=O)OC)C[C@@H]1C(=O)OC. The smallest absolute Gasteiger partial charge is 0.322 e. The van der Waals surface area contributed by atoms with Gasteiger partial charge in [0.1, 0.15) is 6.04 Å². The van der Waals surface area contributed by atoms with Gasteiger partial charge in [0.05, 0.1) is 20.1 Å². The van der Waals surface area contributed by atoms with Crippen LogP contribution < -0.4 is 5.32 Å². The van der Waals surface area contributed by atoms with E-state index in [0.29, 0.717) is 6.42 Å². The molecular weight excluding hydrogens is 246 g/mol. The summed E-state index contributed by atoms with van der Waals surface area (Å²) in [5.74, 6) is -0.778. The summed E-state index contributed by atoms with van der Waals surface area (Å²) in [6.07, 6.45) is 5.97. The molecule has 19 heavy (non-hydrogen) atoms. The Hall–Kier alpha value is -1.10. The van der Waals surface area contributed by atoms with Gasteiger partial charge in [-0.1, -0.05) is 32.6 Å². The van der Waals surface area contributed by atoms with Crippen molar-refractivity contribution in [2.45, 2.75) is 57.5 Å². The molecule has 0 aromatic rings. The van der Waals surface area contributed by atoms with Gasteiger partial charge in [0.25, 0.3) is 0 Å². The molecule has 0 unspecified atom stereocenters. The summed E-state index contributed by atoms with van der Waals surface area (Å²) >= 11 is 0. The molecule has 3 atom stereocenters. The van der Waals surface area contributed by atoms with Crippen LogP contribution in [0.3, 0.4) is 0 Å². The summed E-state index contributed by atoms with van der Waals surface area (Å²) in [5.41, 5.74) is 0. The van der Waals surface area contributed by atoms with Gasteiger partial charge in [-0.2, -0.15) is 0 Å². The van der Waals surface area contributed by atoms with Crippen molar-refractivity contribution < 1.29 is 19.1 Å². The molecule has 0 spiro atoms. The summed E-state index contributed by atoms with van der Waals surface area (Å²) in [4.78, 5) is 23.3. The largest absolute Gasteiger partial charge is 0.469 e. The van der Waals surface area contributed by atoms with Crippen molar-refractivity contribution in [2.75, 3.05) is 14.2 Å². The zero-order valence-corrected chi connectivity index (χ0v) is 12.1. The molecular formula is C14H25NO4. The minimum absolute atomic E-state index is 0.0217. The average molecular weight is 271 g/mol. The van der Waals surface area contributed by atoms with Crippen molar-refractivity contribution in [1.82, 2.24) is 5.32 Å². The van der Waals surface area contributed by atoms with Crippen LogP contribution in [0.5, 0.6) is 0 Å². The van der Waals surface area contributed by atoms with Gasteiger partial charge in [0, 0.05) is 6.04 Å². The van der Waals surface area contributed by atoms with E-state index in [9.17, 15) is 9.59 Å². The van der Waals surface area contributed by atoms with Crippen LogP contribution in [-0.2, 0) is 19.1 Å². The van der Waals surface area contributed by atoms with E-state index >= 15 is 0 Å². The monoisotopic (exact) mass is 271 g/mol. The number of esters is 2. The first kappa shape index (κ1) is 16.0. The van der Waals surface area contributed by atoms with Crippen molar-refractivity contribution in [1.29, 1.82) is 0 Å². The van der Waals surface area contributed by atoms with Gasteiger partial charge in [0.15, 0.2) is 0 Å². The Labute approximate surface area is 115 Å². The summed E-state index contributed by atoms with van der Waals surface area (Å²) < 4.78 is 9.56.